The van der Waals surface area contributed by atoms with Gasteiger partial charge in [-0.3, -0.25) is 0 Å². The summed E-state index contributed by atoms with van der Waals surface area (Å²) in [5, 5.41) is 4.77. The maximum atomic E-state index is 2.56. The lowest BCUT2D eigenvalue weighted by Crippen LogP contribution is -2.52. The number of aryl methyl sites for hydroxylation is 2. The average Bonchev–Trinajstić information content (AvgIpc) is 2.79. The Kier molecular flexibility index (Phi) is 5.50. The summed E-state index contributed by atoms with van der Waals surface area (Å²) < 4.78 is 0. The van der Waals surface area contributed by atoms with Crippen molar-refractivity contribution in [2.75, 3.05) is 0 Å². The third kappa shape index (κ3) is 3.77. The van der Waals surface area contributed by atoms with E-state index in [-0.39, 0.29) is 5.04 Å². The Morgan fingerprint density at radius 2 is 1.36 bits per heavy atom. The van der Waals surface area contributed by atoms with Crippen LogP contribution in [0.3, 0.4) is 0 Å². The lowest BCUT2D eigenvalue weighted by molar-refractivity contribution is 0.883. The first kappa shape index (κ1) is 21.1. The summed E-state index contributed by atoms with van der Waals surface area (Å²) in [5.74, 6) is 0. The van der Waals surface area contributed by atoms with Gasteiger partial charge in [0.25, 0.3) is 0 Å². The van der Waals surface area contributed by atoms with Gasteiger partial charge in [0.05, 0.1) is 8.07 Å². The van der Waals surface area contributed by atoms with Crippen molar-refractivity contribution in [1.82, 2.24) is 0 Å². The number of hydrogen-bond acceptors (Lipinski definition) is 0. The van der Waals surface area contributed by atoms with Crippen molar-refractivity contribution in [3.8, 4) is 0 Å². The van der Waals surface area contributed by atoms with Crippen LogP contribution in [-0.4, -0.2) is 16.9 Å². The highest BCUT2D eigenvalue weighted by Gasteiger charge is 2.42. The van der Waals surface area contributed by atoms with Crippen LogP contribution in [-0.2, 0) is 0 Å². The Morgan fingerprint density at radius 1 is 0.750 bits per heavy atom. The average molecular weight is 404 g/mol. The van der Waals surface area contributed by atoms with Gasteiger partial charge >= 0.3 is 0 Å². The van der Waals surface area contributed by atoms with Crippen molar-refractivity contribution >= 4 is 32.4 Å². The SMILES string of the molecule is CC1=CC(C)([Si](c2ccc(C)cc2)c2cc(C)cc([Si](C)(C)C)c2)C(C)=C1C. The van der Waals surface area contributed by atoms with E-state index >= 15 is 0 Å². The van der Waals surface area contributed by atoms with Gasteiger partial charge in [0.1, 0.15) is 8.80 Å². The van der Waals surface area contributed by atoms with Gasteiger partial charge in [0.2, 0.25) is 0 Å². The van der Waals surface area contributed by atoms with E-state index in [2.05, 4.69) is 110 Å². The van der Waals surface area contributed by atoms with Gasteiger partial charge < -0.3 is 0 Å². The molecule has 0 saturated heterocycles. The third-order valence-electron chi connectivity index (χ3n) is 6.53. The maximum absolute atomic E-state index is 2.56. The molecule has 3 rings (SSSR count). The molecule has 0 N–H and O–H groups in total. The Hall–Kier alpha value is -1.65. The van der Waals surface area contributed by atoms with Crippen LogP contribution in [0.25, 0.3) is 0 Å². The first-order valence-electron chi connectivity index (χ1n) is 10.4. The molecule has 0 amide bonds. The lowest BCUT2D eigenvalue weighted by Gasteiger charge is -2.35. The molecular weight excluding hydrogens is 368 g/mol. The van der Waals surface area contributed by atoms with E-state index in [1.165, 1.54) is 27.5 Å². The van der Waals surface area contributed by atoms with Gasteiger partial charge in [-0.15, -0.1) is 0 Å². The van der Waals surface area contributed by atoms with E-state index in [1.807, 2.05) is 0 Å². The van der Waals surface area contributed by atoms with E-state index in [1.54, 1.807) is 15.9 Å². The smallest absolute Gasteiger partial charge is 0.0735 e. The number of allylic oxidation sites excluding steroid dienone is 4. The Bertz CT molecular complexity index is 955. The summed E-state index contributed by atoms with van der Waals surface area (Å²) in [6.45, 7) is 21.2. The van der Waals surface area contributed by atoms with Crippen LogP contribution in [0.5, 0.6) is 0 Å². The molecule has 2 aromatic rings. The van der Waals surface area contributed by atoms with E-state index < -0.39 is 16.9 Å². The first-order chi connectivity index (χ1) is 12.9. The van der Waals surface area contributed by atoms with Crippen molar-refractivity contribution in [3.05, 3.63) is 76.4 Å². The van der Waals surface area contributed by atoms with Gasteiger partial charge in [0.15, 0.2) is 0 Å². The molecule has 0 aliphatic heterocycles. The zero-order chi connectivity index (χ0) is 20.9. The molecule has 0 bridgehead atoms. The maximum Gasteiger partial charge on any atom is 0.135 e. The van der Waals surface area contributed by atoms with Crippen molar-refractivity contribution in [1.29, 1.82) is 0 Å². The number of benzene rings is 2. The Morgan fingerprint density at radius 3 is 1.86 bits per heavy atom. The van der Waals surface area contributed by atoms with Gasteiger partial charge in [0, 0.05) is 5.04 Å². The van der Waals surface area contributed by atoms with Crippen LogP contribution in [0, 0.1) is 13.8 Å². The molecule has 0 fully saturated rings. The van der Waals surface area contributed by atoms with Crippen LogP contribution in [0.1, 0.15) is 38.8 Å². The summed E-state index contributed by atoms with van der Waals surface area (Å²) in [4.78, 5) is 0. The molecule has 1 unspecified atom stereocenters. The minimum atomic E-state index is -1.37. The second-order valence-electron chi connectivity index (χ2n) is 9.86. The fraction of sp³-hybridized carbons (Fsp3) is 0.385. The number of hydrogen-bond donors (Lipinski definition) is 0. The largest absolute Gasteiger partial charge is 0.135 e. The summed E-state index contributed by atoms with van der Waals surface area (Å²) >= 11 is 0. The quantitative estimate of drug-likeness (QED) is 0.590. The third-order valence-corrected chi connectivity index (χ3v) is 11.9. The fourth-order valence-corrected chi connectivity index (χ4v) is 9.46. The Labute approximate surface area is 175 Å². The molecule has 0 nitrogen and oxygen atoms in total. The predicted molar refractivity (Wildman–Crippen MR) is 131 cm³/mol. The topological polar surface area (TPSA) is 0 Å². The summed E-state index contributed by atoms with van der Waals surface area (Å²) in [6, 6.07) is 16.8. The minimum Gasteiger partial charge on any atom is -0.0735 e. The number of rotatable bonds is 4. The molecule has 1 aliphatic carbocycles. The molecule has 0 spiro atoms. The molecule has 0 heterocycles. The van der Waals surface area contributed by atoms with Crippen LogP contribution in [0.2, 0.25) is 24.7 Å². The van der Waals surface area contributed by atoms with E-state index in [0.717, 1.165) is 0 Å². The second-order valence-corrected chi connectivity index (χ2v) is 17.9. The van der Waals surface area contributed by atoms with E-state index in [9.17, 15) is 0 Å². The molecule has 0 aromatic heterocycles. The zero-order valence-corrected chi connectivity index (χ0v) is 21.1. The predicted octanol–water partition coefficient (Wildman–Crippen LogP) is 5.51. The lowest BCUT2D eigenvalue weighted by atomic mass is 10.0. The van der Waals surface area contributed by atoms with Crippen LogP contribution in [0.4, 0.5) is 0 Å². The normalized spacial score (nSPS) is 20.1. The van der Waals surface area contributed by atoms with Crippen molar-refractivity contribution in [2.24, 2.45) is 0 Å². The second kappa shape index (κ2) is 7.31. The molecule has 28 heavy (non-hydrogen) atoms. The van der Waals surface area contributed by atoms with Crippen LogP contribution < -0.4 is 15.6 Å². The molecule has 2 aromatic carbocycles. The van der Waals surface area contributed by atoms with E-state index in [0.29, 0.717) is 0 Å². The molecule has 1 aliphatic rings. The van der Waals surface area contributed by atoms with E-state index in [4.69, 9.17) is 0 Å². The van der Waals surface area contributed by atoms with Crippen molar-refractivity contribution < 1.29 is 0 Å². The zero-order valence-electron chi connectivity index (χ0n) is 19.1. The molecule has 0 saturated carbocycles. The van der Waals surface area contributed by atoms with Gasteiger partial charge in [-0.05, 0) is 40.2 Å². The monoisotopic (exact) mass is 403 g/mol. The fourth-order valence-electron chi connectivity index (χ4n) is 4.44. The molecular formula is C26H35Si2. The summed E-state index contributed by atoms with van der Waals surface area (Å²) in [6.07, 6.45) is 2.56. The molecule has 1 radical (unpaired) electrons. The molecule has 1 atom stereocenters. The molecule has 2 heteroatoms. The highest BCUT2D eigenvalue weighted by atomic mass is 28.3. The van der Waals surface area contributed by atoms with Crippen LogP contribution in [0.15, 0.2) is 65.3 Å². The van der Waals surface area contributed by atoms with Crippen molar-refractivity contribution in [3.63, 3.8) is 0 Å². The first-order valence-corrected chi connectivity index (χ1v) is 15.4. The van der Waals surface area contributed by atoms with Gasteiger partial charge in [-0.1, -0.05) is 113 Å². The highest BCUT2D eigenvalue weighted by molar-refractivity contribution is 6.91. The minimum absolute atomic E-state index is 0.110. The standard InChI is InChI=1S/C26H35Si2/c1-18-10-12-23(13-11-18)27(26(6)17-20(3)21(4)22(26)5)24-14-19(2)15-25(16-24)28(7,8)9/h10-17H,1-9H3. The highest BCUT2D eigenvalue weighted by Crippen LogP contribution is 2.48. The molecule has 147 valence electrons. The summed E-state index contributed by atoms with van der Waals surface area (Å²) in [7, 11) is -2.39. The van der Waals surface area contributed by atoms with Gasteiger partial charge in [-0.25, -0.2) is 0 Å². The van der Waals surface area contributed by atoms with Gasteiger partial charge in [-0.2, -0.15) is 0 Å². The summed E-state index contributed by atoms with van der Waals surface area (Å²) in [5.41, 5.74) is 7.23. The Balaban J connectivity index is 2.28. The van der Waals surface area contributed by atoms with Crippen LogP contribution >= 0.6 is 0 Å². The van der Waals surface area contributed by atoms with Crippen molar-refractivity contribution in [2.45, 2.75) is 66.2 Å².